The maximum absolute atomic E-state index is 4.86. The fourth-order valence-corrected chi connectivity index (χ4v) is 3.43. The van der Waals surface area contributed by atoms with Gasteiger partial charge < -0.3 is 15.5 Å². The zero-order valence-electron chi connectivity index (χ0n) is 14.2. The van der Waals surface area contributed by atoms with Crippen LogP contribution in [0.25, 0.3) is 0 Å². The summed E-state index contributed by atoms with van der Waals surface area (Å²) in [6.45, 7) is 2.85. The van der Waals surface area contributed by atoms with Crippen molar-refractivity contribution in [2.24, 2.45) is 12.0 Å². The van der Waals surface area contributed by atoms with Crippen LogP contribution in [0.4, 0.5) is 11.5 Å². The van der Waals surface area contributed by atoms with Crippen molar-refractivity contribution >= 4 is 17.3 Å². The summed E-state index contributed by atoms with van der Waals surface area (Å²) in [6, 6.07) is 4.05. The number of rotatable bonds is 2. The molecule has 0 amide bonds. The molecule has 4 rings (SSSR count). The molecule has 1 spiro atoms. The first-order chi connectivity index (χ1) is 11.6. The summed E-state index contributed by atoms with van der Waals surface area (Å²) in [5.74, 6) is 1.76. The normalized spacial score (nSPS) is 19.5. The lowest BCUT2D eigenvalue weighted by atomic mass is 9.84. The largest absolute Gasteiger partial charge is 0.368 e. The van der Waals surface area contributed by atoms with Gasteiger partial charge in [0.2, 0.25) is 0 Å². The molecular formula is C17H23N7. The second-order valence-electron chi connectivity index (χ2n) is 6.72. The minimum Gasteiger partial charge on any atom is -0.368 e. The molecule has 7 nitrogen and oxygen atoms in total. The number of anilines is 1. The van der Waals surface area contributed by atoms with E-state index in [1.807, 2.05) is 42.5 Å². The lowest BCUT2D eigenvalue weighted by molar-refractivity contribution is 0.238. The number of nitrogens with zero attached hydrogens (tertiary/aromatic N) is 5. The highest BCUT2D eigenvalue weighted by Gasteiger charge is 2.42. The monoisotopic (exact) mass is 325 g/mol. The van der Waals surface area contributed by atoms with E-state index < -0.39 is 0 Å². The fourth-order valence-electron chi connectivity index (χ4n) is 3.43. The number of nitrogens with one attached hydrogen (secondary N) is 2. The number of fused-ring (bicyclic) bond motifs is 1. The molecule has 2 aliphatic heterocycles. The van der Waals surface area contributed by atoms with Gasteiger partial charge in [-0.2, -0.15) is 5.10 Å². The van der Waals surface area contributed by atoms with Crippen LogP contribution >= 0.6 is 0 Å². The van der Waals surface area contributed by atoms with Crippen molar-refractivity contribution < 1.29 is 0 Å². The molecule has 126 valence electrons. The molecule has 4 heterocycles. The highest BCUT2D eigenvalue weighted by Crippen LogP contribution is 2.36. The predicted octanol–water partition coefficient (Wildman–Crippen LogP) is 1.52. The molecule has 0 atom stereocenters. The van der Waals surface area contributed by atoms with Crippen LogP contribution in [-0.4, -0.2) is 51.2 Å². The van der Waals surface area contributed by atoms with Crippen molar-refractivity contribution in [2.45, 2.75) is 24.9 Å². The molecule has 2 aromatic heterocycles. The highest BCUT2D eigenvalue weighted by molar-refractivity contribution is 5.99. The van der Waals surface area contributed by atoms with Gasteiger partial charge in [0.1, 0.15) is 11.5 Å². The van der Waals surface area contributed by atoms with Crippen molar-refractivity contribution in [1.82, 2.24) is 25.0 Å². The minimum atomic E-state index is -0.129. The molecule has 0 aliphatic carbocycles. The zero-order valence-corrected chi connectivity index (χ0v) is 14.2. The average molecular weight is 325 g/mol. The lowest BCUT2D eigenvalue weighted by Crippen LogP contribution is -2.58. The first kappa shape index (κ1) is 15.1. The maximum atomic E-state index is 4.86. The van der Waals surface area contributed by atoms with E-state index in [0.717, 1.165) is 49.8 Å². The number of amidine groups is 1. The smallest absolute Gasteiger partial charge is 0.199 e. The van der Waals surface area contributed by atoms with Crippen molar-refractivity contribution in [3.63, 3.8) is 0 Å². The second kappa shape index (κ2) is 5.90. The van der Waals surface area contributed by atoms with Gasteiger partial charge in [-0.25, -0.2) is 4.99 Å². The van der Waals surface area contributed by atoms with E-state index in [1.165, 1.54) is 5.56 Å². The molecule has 2 N–H and O–H groups in total. The Kier molecular flexibility index (Phi) is 3.72. The third-order valence-electron chi connectivity index (χ3n) is 4.90. The summed E-state index contributed by atoms with van der Waals surface area (Å²) in [6.07, 6.45) is 7.71. The Labute approximate surface area is 141 Å². The average Bonchev–Trinajstić information content (AvgIpc) is 2.95. The summed E-state index contributed by atoms with van der Waals surface area (Å²) in [5.41, 5.74) is 2.09. The van der Waals surface area contributed by atoms with E-state index >= 15 is 0 Å². The quantitative estimate of drug-likeness (QED) is 0.876. The van der Waals surface area contributed by atoms with Crippen LogP contribution in [0, 0.1) is 0 Å². The van der Waals surface area contributed by atoms with Gasteiger partial charge in [-0.15, -0.1) is 0 Å². The minimum absolute atomic E-state index is 0.129. The van der Waals surface area contributed by atoms with Crippen molar-refractivity contribution in [2.75, 3.05) is 25.5 Å². The fraction of sp³-hybridized carbons (Fsp3) is 0.471. The highest BCUT2D eigenvalue weighted by atomic mass is 15.3. The van der Waals surface area contributed by atoms with E-state index in [-0.39, 0.29) is 5.54 Å². The SMILES string of the molecule is CN1CCC2(CC1)Nc1cn(C)nc1N=C2NCc1ccncc1. The third-order valence-corrected chi connectivity index (χ3v) is 4.90. The van der Waals surface area contributed by atoms with E-state index in [9.17, 15) is 0 Å². The van der Waals surface area contributed by atoms with E-state index in [0.29, 0.717) is 0 Å². The number of aromatic nitrogens is 3. The molecular weight excluding hydrogens is 302 g/mol. The van der Waals surface area contributed by atoms with Crippen molar-refractivity contribution in [3.8, 4) is 0 Å². The third kappa shape index (κ3) is 2.75. The van der Waals surface area contributed by atoms with Crippen LogP contribution in [0.1, 0.15) is 18.4 Å². The molecule has 1 saturated heterocycles. The number of aryl methyl sites for hydroxylation is 1. The summed E-state index contributed by atoms with van der Waals surface area (Å²) in [4.78, 5) is 11.3. The molecule has 0 aromatic carbocycles. The molecule has 0 saturated carbocycles. The molecule has 0 bridgehead atoms. The van der Waals surface area contributed by atoms with Gasteiger partial charge in [0.15, 0.2) is 5.82 Å². The summed E-state index contributed by atoms with van der Waals surface area (Å²) >= 11 is 0. The van der Waals surface area contributed by atoms with E-state index in [4.69, 9.17) is 4.99 Å². The van der Waals surface area contributed by atoms with Gasteiger partial charge in [-0.1, -0.05) is 0 Å². The first-order valence-electron chi connectivity index (χ1n) is 8.37. The molecule has 1 fully saturated rings. The standard InChI is InChI=1S/C17H23N7/c1-23-9-5-17(6-10-23)16(19-11-13-3-7-18-8-4-13)20-15-14(21-17)12-24(2)22-15/h3-4,7-8,12,21H,5-6,9-11H2,1-2H3,(H,19,20,22). The van der Waals surface area contributed by atoms with Crippen molar-refractivity contribution in [1.29, 1.82) is 0 Å². The van der Waals surface area contributed by atoms with E-state index in [2.05, 4.69) is 32.7 Å². The zero-order chi connectivity index (χ0) is 16.6. The molecule has 0 unspecified atom stereocenters. The van der Waals surface area contributed by atoms with Gasteiger partial charge in [0.05, 0.1) is 11.7 Å². The number of likely N-dealkylation sites (tertiary alicyclic amines) is 1. The molecule has 7 heteroatoms. The molecule has 0 radical (unpaired) electrons. The summed E-state index contributed by atoms with van der Waals surface area (Å²) in [5, 5.41) is 11.7. The molecule has 2 aromatic rings. The van der Waals surface area contributed by atoms with Crippen LogP contribution < -0.4 is 10.6 Å². The lowest BCUT2D eigenvalue weighted by Gasteiger charge is -2.44. The van der Waals surface area contributed by atoms with E-state index in [1.54, 1.807) is 0 Å². The van der Waals surface area contributed by atoms with Gasteiger partial charge in [-0.3, -0.25) is 9.67 Å². The van der Waals surface area contributed by atoms with Gasteiger partial charge in [0.25, 0.3) is 0 Å². The summed E-state index contributed by atoms with van der Waals surface area (Å²) in [7, 11) is 4.10. The Morgan fingerprint density at radius 1 is 1.21 bits per heavy atom. The number of pyridine rings is 1. The number of hydrogen-bond donors (Lipinski definition) is 2. The van der Waals surface area contributed by atoms with Crippen LogP contribution in [0.3, 0.4) is 0 Å². The Morgan fingerprint density at radius 3 is 2.71 bits per heavy atom. The van der Waals surface area contributed by atoms with Crippen LogP contribution in [-0.2, 0) is 13.6 Å². The summed E-state index contributed by atoms with van der Waals surface area (Å²) < 4.78 is 1.82. The van der Waals surface area contributed by atoms with Crippen LogP contribution in [0.15, 0.2) is 35.7 Å². The van der Waals surface area contributed by atoms with Crippen LogP contribution in [0.5, 0.6) is 0 Å². The van der Waals surface area contributed by atoms with Crippen LogP contribution in [0.2, 0.25) is 0 Å². The number of piperidine rings is 1. The van der Waals surface area contributed by atoms with Gasteiger partial charge in [0, 0.05) is 39.1 Å². The Bertz CT molecular complexity index is 742. The maximum Gasteiger partial charge on any atom is 0.199 e. The van der Waals surface area contributed by atoms with Gasteiger partial charge in [-0.05, 0) is 37.6 Å². The Hall–Kier alpha value is -2.41. The Morgan fingerprint density at radius 2 is 1.96 bits per heavy atom. The van der Waals surface area contributed by atoms with Crippen molar-refractivity contribution in [3.05, 3.63) is 36.3 Å². The number of aliphatic imine (C=N–C) groups is 1. The predicted molar refractivity (Wildman–Crippen MR) is 94.5 cm³/mol. The first-order valence-corrected chi connectivity index (χ1v) is 8.37. The second-order valence-corrected chi connectivity index (χ2v) is 6.72. The Balaban J connectivity index is 1.62. The van der Waals surface area contributed by atoms with Gasteiger partial charge >= 0.3 is 0 Å². The molecule has 24 heavy (non-hydrogen) atoms. The molecule has 2 aliphatic rings. The number of hydrogen-bond acceptors (Lipinski definition) is 6. The topological polar surface area (TPSA) is 70.4 Å².